The largest absolute Gasteiger partial charge is 1.00 e. The van der Waals surface area contributed by atoms with E-state index in [1.165, 1.54) is 81.7 Å². The molecule has 7 heteroatoms. The first kappa shape index (κ1) is 28.0. The van der Waals surface area contributed by atoms with Gasteiger partial charge in [-0.05, 0) is 36.6 Å². The molecule has 0 aromatic heterocycles. The maximum Gasteiger partial charge on any atom is 1.00 e. The van der Waals surface area contributed by atoms with E-state index >= 15 is 0 Å². The van der Waals surface area contributed by atoms with E-state index in [0.29, 0.717) is 5.75 Å². The average Bonchev–Trinajstić information content (AvgIpc) is 2.70. The molecule has 0 fully saturated rings. The predicted molar refractivity (Wildman–Crippen MR) is 118 cm³/mol. The summed E-state index contributed by atoms with van der Waals surface area (Å²) < 4.78 is 37.6. The minimum absolute atomic E-state index is 0. The molecule has 0 saturated carbocycles. The van der Waals surface area contributed by atoms with Gasteiger partial charge in [-0.1, -0.05) is 82.9 Å². The van der Waals surface area contributed by atoms with Gasteiger partial charge in [0.2, 0.25) is 0 Å². The minimum atomic E-state index is -4.31. The van der Waals surface area contributed by atoms with E-state index in [0.717, 1.165) is 24.8 Å². The zero-order chi connectivity index (χ0) is 21.8. The van der Waals surface area contributed by atoms with Crippen molar-refractivity contribution in [1.82, 2.24) is 0 Å². The zero-order valence-corrected chi connectivity index (χ0v) is 21.6. The third kappa shape index (κ3) is 10.9. The molecular formula is C24H33NaO5S. The van der Waals surface area contributed by atoms with Crippen LogP contribution in [0.25, 0.3) is 0 Å². The average molecular weight is 457 g/mol. The third-order valence-corrected chi connectivity index (χ3v) is 6.02. The van der Waals surface area contributed by atoms with E-state index in [1.807, 2.05) is 0 Å². The Morgan fingerprint density at radius 3 is 2.10 bits per heavy atom. The van der Waals surface area contributed by atoms with Crippen LogP contribution in [0.3, 0.4) is 0 Å². The minimum Gasteiger partial charge on any atom is -0.872 e. The number of aryl methyl sites for hydroxylation is 1. The van der Waals surface area contributed by atoms with Gasteiger partial charge in [-0.15, -0.1) is 5.75 Å². The molecule has 0 saturated heterocycles. The Bertz CT molecular complexity index is 883. The molecule has 0 heterocycles. The van der Waals surface area contributed by atoms with Crippen molar-refractivity contribution in [2.24, 2.45) is 0 Å². The fourth-order valence-electron chi connectivity index (χ4n) is 3.46. The van der Waals surface area contributed by atoms with Gasteiger partial charge in [-0.25, -0.2) is 0 Å². The van der Waals surface area contributed by atoms with Gasteiger partial charge in [0.1, 0.15) is 11.5 Å². The Morgan fingerprint density at radius 2 is 1.48 bits per heavy atom. The van der Waals surface area contributed by atoms with Crippen LogP contribution in [-0.4, -0.2) is 13.0 Å². The van der Waals surface area contributed by atoms with Crippen molar-refractivity contribution in [2.75, 3.05) is 0 Å². The number of rotatable bonds is 14. The van der Waals surface area contributed by atoms with Crippen LogP contribution in [0.5, 0.6) is 17.2 Å². The topological polar surface area (TPSA) is 86.7 Å². The summed E-state index contributed by atoms with van der Waals surface area (Å²) in [6.07, 6.45) is 13.3. The molecule has 0 unspecified atom stereocenters. The Kier molecular flexibility index (Phi) is 13.5. The first-order chi connectivity index (χ1) is 14.4. The van der Waals surface area contributed by atoms with Gasteiger partial charge >= 0.3 is 29.6 Å². The quantitative estimate of drug-likeness (QED) is 0.268. The summed E-state index contributed by atoms with van der Waals surface area (Å²) in [5.74, 6) is 0.536. The molecule has 0 radical (unpaired) electrons. The van der Waals surface area contributed by atoms with Crippen LogP contribution >= 0.6 is 0 Å². The van der Waals surface area contributed by atoms with E-state index in [2.05, 4.69) is 6.92 Å². The SMILES string of the molecule is CCCCCCCCCCCCc1ccc([O-])cc1Oc1cccc(S(=O)(=O)O)c1.[Na+]. The molecule has 31 heavy (non-hydrogen) atoms. The summed E-state index contributed by atoms with van der Waals surface area (Å²) >= 11 is 0. The van der Waals surface area contributed by atoms with Gasteiger partial charge in [0.15, 0.2) is 0 Å². The maximum absolute atomic E-state index is 11.8. The number of benzene rings is 2. The molecule has 0 spiro atoms. The van der Waals surface area contributed by atoms with Gasteiger partial charge in [0.05, 0.1) is 4.90 Å². The number of hydrogen-bond donors (Lipinski definition) is 1. The molecule has 0 aliphatic carbocycles. The van der Waals surface area contributed by atoms with E-state index in [1.54, 1.807) is 12.1 Å². The standard InChI is InChI=1S/C24H34O5S.Na/c1-2-3-4-5-6-7-8-9-10-11-13-20-16-17-21(25)18-24(20)29-22-14-12-15-23(19-22)30(26,27)28;/h12,14-19,25H,2-11,13H2,1H3,(H,26,27,28);/q;+1/p-1. The molecule has 0 amide bonds. The van der Waals surface area contributed by atoms with Gasteiger partial charge in [-0.3, -0.25) is 4.55 Å². The van der Waals surface area contributed by atoms with E-state index in [-0.39, 0.29) is 46.0 Å². The Hall–Kier alpha value is -1.05. The molecule has 0 aliphatic heterocycles. The summed E-state index contributed by atoms with van der Waals surface area (Å²) in [7, 11) is -4.31. The van der Waals surface area contributed by atoms with Crippen LogP contribution in [0.15, 0.2) is 47.4 Å². The van der Waals surface area contributed by atoms with Gasteiger partial charge in [0.25, 0.3) is 10.1 Å². The van der Waals surface area contributed by atoms with Crippen LogP contribution < -0.4 is 39.4 Å². The molecule has 0 aliphatic rings. The molecule has 2 rings (SSSR count). The fourth-order valence-corrected chi connectivity index (χ4v) is 3.98. The fraction of sp³-hybridized carbons (Fsp3) is 0.500. The van der Waals surface area contributed by atoms with Crippen molar-refractivity contribution in [3.05, 3.63) is 48.0 Å². The smallest absolute Gasteiger partial charge is 0.872 e. The van der Waals surface area contributed by atoms with Gasteiger partial charge < -0.3 is 9.84 Å². The van der Waals surface area contributed by atoms with Crippen LogP contribution in [0.2, 0.25) is 0 Å². The molecular weight excluding hydrogens is 423 g/mol. The van der Waals surface area contributed by atoms with Crippen molar-refractivity contribution in [3.63, 3.8) is 0 Å². The normalized spacial score (nSPS) is 11.2. The molecule has 0 atom stereocenters. The molecule has 2 aromatic carbocycles. The second-order valence-electron chi connectivity index (χ2n) is 7.75. The van der Waals surface area contributed by atoms with Gasteiger partial charge in [0, 0.05) is 6.07 Å². The van der Waals surface area contributed by atoms with Crippen molar-refractivity contribution in [2.45, 2.75) is 82.4 Å². The molecule has 5 nitrogen and oxygen atoms in total. The summed E-state index contributed by atoms with van der Waals surface area (Å²) in [5.41, 5.74) is 0.923. The summed E-state index contributed by atoms with van der Waals surface area (Å²) in [4.78, 5) is -0.241. The second-order valence-corrected chi connectivity index (χ2v) is 9.18. The summed E-state index contributed by atoms with van der Waals surface area (Å²) in [6, 6.07) is 10.3. The Balaban J connectivity index is 0.00000480. The predicted octanol–water partition coefficient (Wildman–Crippen LogP) is 3.27. The van der Waals surface area contributed by atoms with Crippen LogP contribution in [0.1, 0.15) is 76.7 Å². The molecule has 2 aromatic rings. The number of hydrogen-bond acceptors (Lipinski definition) is 4. The summed E-state index contributed by atoms with van der Waals surface area (Å²) in [5, 5.41) is 11.8. The maximum atomic E-state index is 11.8. The summed E-state index contributed by atoms with van der Waals surface area (Å²) in [6.45, 7) is 2.23. The monoisotopic (exact) mass is 456 g/mol. The third-order valence-electron chi connectivity index (χ3n) is 5.17. The molecule has 1 N–H and O–H groups in total. The van der Waals surface area contributed by atoms with E-state index in [9.17, 15) is 18.1 Å². The number of ether oxygens (including phenoxy) is 1. The van der Waals surface area contributed by atoms with Crippen LogP contribution in [-0.2, 0) is 16.5 Å². The molecule has 166 valence electrons. The number of unbranched alkanes of at least 4 members (excludes halogenated alkanes) is 9. The first-order valence-electron chi connectivity index (χ1n) is 11.0. The second kappa shape index (κ2) is 14.9. The van der Waals surface area contributed by atoms with Crippen molar-refractivity contribution in [1.29, 1.82) is 0 Å². The zero-order valence-electron chi connectivity index (χ0n) is 18.8. The van der Waals surface area contributed by atoms with E-state index in [4.69, 9.17) is 4.74 Å². The van der Waals surface area contributed by atoms with Crippen LogP contribution in [0.4, 0.5) is 0 Å². The Morgan fingerprint density at radius 1 is 0.871 bits per heavy atom. The van der Waals surface area contributed by atoms with Crippen molar-refractivity contribution in [3.8, 4) is 17.2 Å². The molecule has 0 bridgehead atoms. The first-order valence-corrected chi connectivity index (χ1v) is 12.4. The van der Waals surface area contributed by atoms with Crippen LogP contribution in [0, 0.1) is 0 Å². The van der Waals surface area contributed by atoms with Crippen molar-refractivity contribution < 1.29 is 52.4 Å². The Labute approximate surface area is 209 Å². The van der Waals surface area contributed by atoms with E-state index < -0.39 is 10.1 Å². The van der Waals surface area contributed by atoms with Crippen molar-refractivity contribution >= 4 is 10.1 Å². The van der Waals surface area contributed by atoms with Gasteiger partial charge in [-0.2, -0.15) is 8.42 Å².